The first-order valence-corrected chi connectivity index (χ1v) is 4.49. The molecule has 1 heterocycles. The molecular formula is C8H10F3NO4. The van der Waals surface area contributed by atoms with Crippen molar-refractivity contribution >= 4 is 11.9 Å². The fourth-order valence-corrected chi connectivity index (χ4v) is 1.46. The van der Waals surface area contributed by atoms with Crippen molar-refractivity contribution in [1.82, 2.24) is 4.90 Å². The van der Waals surface area contributed by atoms with E-state index in [4.69, 9.17) is 9.84 Å². The van der Waals surface area contributed by atoms with Crippen LogP contribution in [0.3, 0.4) is 0 Å². The molecule has 1 unspecified atom stereocenters. The van der Waals surface area contributed by atoms with Crippen molar-refractivity contribution in [3.8, 4) is 0 Å². The lowest BCUT2D eigenvalue weighted by atomic mass is 10.1. The number of aliphatic carboxylic acids is 1. The zero-order valence-corrected chi connectivity index (χ0v) is 8.16. The summed E-state index contributed by atoms with van der Waals surface area (Å²) < 4.78 is 41.3. The normalized spacial score (nSPS) is 21.9. The van der Waals surface area contributed by atoms with Gasteiger partial charge < -0.3 is 14.7 Å². The summed E-state index contributed by atoms with van der Waals surface area (Å²) in [6.45, 7) is -0.442. The van der Waals surface area contributed by atoms with Crippen molar-refractivity contribution in [3.05, 3.63) is 0 Å². The summed E-state index contributed by atoms with van der Waals surface area (Å²) in [5.74, 6) is -3.28. The van der Waals surface area contributed by atoms with Crippen LogP contribution in [0.2, 0.25) is 0 Å². The number of carbonyl (C=O) groups excluding carboxylic acids is 1. The lowest BCUT2D eigenvalue weighted by Gasteiger charge is -2.35. The van der Waals surface area contributed by atoms with E-state index >= 15 is 0 Å². The lowest BCUT2D eigenvalue weighted by molar-refractivity contribution is -0.193. The van der Waals surface area contributed by atoms with Gasteiger partial charge in [0.05, 0.1) is 25.7 Å². The molecule has 1 N–H and O–H groups in total. The van der Waals surface area contributed by atoms with Crippen molar-refractivity contribution in [2.75, 3.05) is 19.8 Å². The van der Waals surface area contributed by atoms with E-state index in [2.05, 4.69) is 0 Å². The molecule has 0 aromatic rings. The number of hydrogen-bond donors (Lipinski definition) is 1. The molecule has 0 aromatic heterocycles. The van der Waals surface area contributed by atoms with Gasteiger partial charge in [0.2, 0.25) is 0 Å². The van der Waals surface area contributed by atoms with Crippen LogP contribution < -0.4 is 0 Å². The van der Waals surface area contributed by atoms with Crippen molar-refractivity contribution in [3.63, 3.8) is 0 Å². The highest BCUT2D eigenvalue weighted by atomic mass is 19.4. The topological polar surface area (TPSA) is 66.8 Å². The van der Waals surface area contributed by atoms with Crippen molar-refractivity contribution in [2.24, 2.45) is 0 Å². The molecule has 1 atom stereocenters. The van der Waals surface area contributed by atoms with Crippen LogP contribution in [0.4, 0.5) is 13.2 Å². The highest BCUT2D eigenvalue weighted by molar-refractivity contribution is 5.82. The number of carboxylic acid groups (broad SMARTS) is 1. The van der Waals surface area contributed by atoms with Crippen LogP contribution in [0.25, 0.3) is 0 Å². The van der Waals surface area contributed by atoms with Crippen molar-refractivity contribution in [1.29, 1.82) is 0 Å². The first kappa shape index (κ1) is 12.8. The molecule has 0 spiro atoms. The van der Waals surface area contributed by atoms with Gasteiger partial charge in [0, 0.05) is 6.54 Å². The standard InChI is InChI=1S/C8H10F3NO4/c9-8(10,11)7(15)12-1-2-16-4-5(12)3-6(13)14/h5H,1-4H2,(H,13,14). The van der Waals surface area contributed by atoms with Gasteiger partial charge in [-0.05, 0) is 0 Å². The molecule has 1 rings (SSSR count). The van der Waals surface area contributed by atoms with Crippen LogP contribution in [0, 0.1) is 0 Å². The number of rotatable bonds is 2. The van der Waals surface area contributed by atoms with Crippen molar-refractivity contribution in [2.45, 2.75) is 18.6 Å². The Hall–Kier alpha value is -1.31. The summed E-state index contributed by atoms with van der Waals surface area (Å²) in [5.41, 5.74) is 0. The molecule has 0 aromatic carbocycles. The number of carboxylic acids is 1. The average molecular weight is 241 g/mol. The van der Waals surface area contributed by atoms with Gasteiger partial charge in [-0.2, -0.15) is 13.2 Å². The van der Waals surface area contributed by atoms with Gasteiger partial charge in [-0.25, -0.2) is 0 Å². The molecule has 5 nitrogen and oxygen atoms in total. The van der Waals surface area contributed by atoms with E-state index in [1.54, 1.807) is 0 Å². The Morgan fingerprint density at radius 1 is 1.44 bits per heavy atom. The van der Waals surface area contributed by atoms with Crippen LogP contribution in [0.1, 0.15) is 6.42 Å². The highest BCUT2D eigenvalue weighted by Crippen LogP contribution is 2.22. The fourth-order valence-electron chi connectivity index (χ4n) is 1.46. The molecule has 0 bridgehead atoms. The van der Waals surface area contributed by atoms with E-state index < -0.39 is 30.5 Å². The predicted octanol–water partition coefficient (Wildman–Crippen LogP) is 0.251. The minimum Gasteiger partial charge on any atom is -0.481 e. The van der Waals surface area contributed by atoms with Gasteiger partial charge >= 0.3 is 18.1 Å². The second-order valence-corrected chi connectivity index (χ2v) is 3.32. The summed E-state index contributed by atoms with van der Waals surface area (Å²) in [5, 5.41) is 8.49. The largest absolute Gasteiger partial charge is 0.481 e. The minimum absolute atomic E-state index is 0.0159. The smallest absolute Gasteiger partial charge is 0.471 e. The van der Waals surface area contributed by atoms with Gasteiger partial charge in [-0.3, -0.25) is 9.59 Å². The first-order chi connectivity index (χ1) is 7.32. The maximum atomic E-state index is 12.2. The third-order valence-corrected chi connectivity index (χ3v) is 2.14. The van der Waals surface area contributed by atoms with Crippen LogP contribution in [-0.4, -0.2) is 53.9 Å². The second kappa shape index (κ2) is 4.69. The number of morpholine rings is 1. The molecule has 1 aliphatic heterocycles. The highest BCUT2D eigenvalue weighted by Gasteiger charge is 2.45. The number of carbonyl (C=O) groups is 2. The van der Waals surface area contributed by atoms with Gasteiger partial charge in [0.15, 0.2) is 0 Å². The van der Waals surface area contributed by atoms with E-state index in [1.807, 2.05) is 0 Å². The Morgan fingerprint density at radius 2 is 2.06 bits per heavy atom. The number of hydrogen-bond acceptors (Lipinski definition) is 3. The fraction of sp³-hybridized carbons (Fsp3) is 0.750. The summed E-state index contributed by atoms with van der Waals surface area (Å²) in [4.78, 5) is 21.9. The molecule has 1 aliphatic rings. The predicted molar refractivity (Wildman–Crippen MR) is 44.6 cm³/mol. The number of nitrogens with zero attached hydrogens (tertiary/aromatic N) is 1. The maximum absolute atomic E-state index is 12.2. The molecule has 0 radical (unpaired) electrons. The van der Waals surface area contributed by atoms with Crippen LogP contribution >= 0.6 is 0 Å². The summed E-state index contributed by atoms with van der Waals surface area (Å²) in [6.07, 6.45) is -5.53. The lowest BCUT2D eigenvalue weighted by Crippen LogP contribution is -2.53. The van der Waals surface area contributed by atoms with Crippen LogP contribution in [0.15, 0.2) is 0 Å². The summed E-state index contributed by atoms with van der Waals surface area (Å²) in [7, 11) is 0. The van der Waals surface area contributed by atoms with Gasteiger partial charge in [0.1, 0.15) is 0 Å². The number of ether oxygens (including phenoxy) is 1. The Balaban J connectivity index is 2.74. The Bertz CT molecular complexity index is 291. The van der Waals surface area contributed by atoms with Gasteiger partial charge in [-0.15, -0.1) is 0 Å². The summed E-state index contributed by atoms with van der Waals surface area (Å²) in [6, 6.07) is -1.06. The quantitative estimate of drug-likeness (QED) is 0.752. The second-order valence-electron chi connectivity index (χ2n) is 3.32. The van der Waals surface area contributed by atoms with E-state index in [9.17, 15) is 22.8 Å². The third-order valence-electron chi connectivity index (χ3n) is 2.14. The Kier molecular flexibility index (Phi) is 3.74. The minimum atomic E-state index is -4.98. The molecule has 1 saturated heterocycles. The zero-order valence-electron chi connectivity index (χ0n) is 8.16. The van der Waals surface area contributed by atoms with Gasteiger partial charge in [0.25, 0.3) is 0 Å². The van der Waals surface area contributed by atoms with E-state index in [0.29, 0.717) is 4.90 Å². The molecule has 92 valence electrons. The maximum Gasteiger partial charge on any atom is 0.471 e. The van der Waals surface area contributed by atoms with E-state index in [1.165, 1.54) is 0 Å². The third kappa shape index (κ3) is 3.09. The number of amides is 1. The molecule has 16 heavy (non-hydrogen) atoms. The zero-order chi connectivity index (χ0) is 12.3. The van der Waals surface area contributed by atoms with E-state index in [-0.39, 0.29) is 19.8 Å². The molecule has 1 fully saturated rings. The molecule has 8 heteroatoms. The molecule has 0 saturated carbocycles. The summed E-state index contributed by atoms with van der Waals surface area (Å²) >= 11 is 0. The number of alkyl halides is 3. The average Bonchev–Trinajstić information content (AvgIpc) is 2.15. The number of halogens is 3. The monoisotopic (exact) mass is 241 g/mol. The molecule has 0 aliphatic carbocycles. The first-order valence-electron chi connectivity index (χ1n) is 4.49. The molecular weight excluding hydrogens is 231 g/mol. The van der Waals surface area contributed by atoms with Crippen molar-refractivity contribution < 1.29 is 32.6 Å². The van der Waals surface area contributed by atoms with E-state index in [0.717, 1.165) is 0 Å². The SMILES string of the molecule is O=C(O)CC1COCCN1C(=O)C(F)(F)F. The Morgan fingerprint density at radius 3 is 2.56 bits per heavy atom. The van der Waals surface area contributed by atoms with Crippen LogP contribution in [0.5, 0.6) is 0 Å². The van der Waals surface area contributed by atoms with Crippen LogP contribution in [-0.2, 0) is 14.3 Å². The Labute approximate surface area is 88.8 Å². The van der Waals surface area contributed by atoms with Gasteiger partial charge in [-0.1, -0.05) is 0 Å². The molecule has 1 amide bonds.